The second-order valence-electron chi connectivity index (χ2n) is 4.98. The van der Waals surface area contributed by atoms with Gasteiger partial charge in [0.25, 0.3) is 11.2 Å². The van der Waals surface area contributed by atoms with E-state index in [1.165, 1.54) is 15.6 Å². The minimum atomic E-state index is -1.59. The summed E-state index contributed by atoms with van der Waals surface area (Å²) in [5.74, 6) is 0.449. The van der Waals surface area contributed by atoms with Gasteiger partial charge in [-0.05, 0) is 12.8 Å². The van der Waals surface area contributed by atoms with E-state index in [0.29, 0.717) is 5.96 Å². The molecule has 0 radical (unpaired) electrons. The summed E-state index contributed by atoms with van der Waals surface area (Å²) < 4.78 is 17.7. The van der Waals surface area contributed by atoms with Gasteiger partial charge in [-0.25, -0.2) is 13.3 Å². The minimum Gasteiger partial charge on any atom is -0.348 e. The molecule has 6 nitrogen and oxygen atoms in total. The Morgan fingerprint density at radius 1 is 1.28 bits per heavy atom. The molecule has 0 saturated heterocycles. The fourth-order valence-corrected chi connectivity index (χ4v) is 3.69. The van der Waals surface area contributed by atoms with E-state index in [-0.39, 0.29) is 12.1 Å². The molecule has 1 aliphatic heterocycles. The smallest absolute Gasteiger partial charge is 0.340 e. The van der Waals surface area contributed by atoms with Crippen LogP contribution in [0.1, 0.15) is 32.1 Å². The highest BCUT2D eigenvalue weighted by Gasteiger charge is 2.37. The van der Waals surface area contributed by atoms with E-state index in [1.807, 2.05) is 0 Å². The zero-order valence-electron chi connectivity index (χ0n) is 11.1. The van der Waals surface area contributed by atoms with Crippen molar-refractivity contribution in [2.24, 2.45) is 4.40 Å². The molecule has 0 aromatic rings. The highest BCUT2D eigenvalue weighted by Crippen LogP contribution is 2.26. The summed E-state index contributed by atoms with van der Waals surface area (Å²) in [6.07, 6.45) is 5.25. The largest absolute Gasteiger partial charge is 0.348 e. The molecule has 0 aromatic carbocycles. The maximum absolute atomic E-state index is 12.3. The normalized spacial score (nSPS) is 26.3. The van der Waals surface area contributed by atoms with E-state index in [2.05, 4.69) is 4.40 Å². The van der Waals surface area contributed by atoms with Crippen LogP contribution in [0.15, 0.2) is 4.40 Å². The Balaban J connectivity index is 2.23. The number of carbonyl (C=O) groups excluding carboxylic acids is 1. The lowest BCUT2D eigenvalue weighted by Gasteiger charge is -2.38. The first kappa shape index (κ1) is 13.3. The van der Waals surface area contributed by atoms with E-state index in [1.54, 1.807) is 26.0 Å². The highest BCUT2D eigenvalue weighted by atomic mass is 32.2. The van der Waals surface area contributed by atoms with Crippen molar-refractivity contribution in [3.63, 3.8) is 0 Å². The van der Waals surface area contributed by atoms with Crippen molar-refractivity contribution in [3.8, 4) is 0 Å². The summed E-state index contributed by atoms with van der Waals surface area (Å²) in [7, 11) is 5.25. The predicted molar refractivity (Wildman–Crippen MR) is 71.1 cm³/mol. The average molecular weight is 272 g/mol. The van der Waals surface area contributed by atoms with Crippen LogP contribution in [0.25, 0.3) is 0 Å². The van der Waals surface area contributed by atoms with Crippen LogP contribution in [0, 0.1) is 0 Å². The van der Waals surface area contributed by atoms with Gasteiger partial charge < -0.3 is 4.90 Å². The molecule has 1 unspecified atom stereocenters. The van der Waals surface area contributed by atoms with Crippen LogP contribution in [0.3, 0.4) is 0 Å². The molecule has 1 saturated carbocycles. The van der Waals surface area contributed by atoms with E-state index in [4.69, 9.17) is 0 Å². The van der Waals surface area contributed by atoms with Crippen LogP contribution in [0.2, 0.25) is 0 Å². The molecule has 2 amide bonds. The highest BCUT2D eigenvalue weighted by molar-refractivity contribution is 7.82. The first-order chi connectivity index (χ1) is 8.52. The second-order valence-corrected chi connectivity index (χ2v) is 6.01. The predicted octanol–water partition coefficient (Wildman–Crippen LogP) is 1.18. The minimum absolute atomic E-state index is 0.0713. The maximum Gasteiger partial charge on any atom is 0.340 e. The number of hydrogen-bond acceptors (Lipinski definition) is 3. The zero-order valence-corrected chi connectivity index (χ0v) is 11.9. The van der Waals surface area contributed by atoms with Crippen molar-refractivity contribution in [1.82, 2.24) is 14.1 Å². The Hall–Kier alpha value is -1.11. The molecule has 1 atom stereocenters. The Bertz CT molecular complexity index is 391. The molecule has 0 bridgehead atoms. The number of amides is 2. The molecule has 1 heterocycles. The summed E-state index contributed by atoms with van der Waals surface area (Å²) in [5, 5.41) is 0. The Morgan fingerprint density at radius 2 is 1.89 bits per heavy atom. The fraction of sp³-hybridized carbons (Fsp3) is 0.818. The number of hydrogen-bond donors (Lipinski definition) is 0. The molecule has 7 heteroatoms. The van der Waals surface area contributed by atoms with Gasteiger partial charge in [-0.1, -0.05) is 19.3 Å². The van der Waals surface area contributed by atoms with Gasteiger partial charge >= 0.3 is 6.03 Å². The second kappa shape index (κ2) is 5.26. The molecule has 0 N–H and O–H groups in total. The summed E-state index contributed by atoms with van der Waals surface area (Å²) in [4.78, 5) is 15.5. The van der Waals surface area contributed by atoms with Gasteiger partial charge in [0.05, 0.1) is 0 Å². The molecule has 2 rings (SSSR count). The topological polar surface area (TPSA) is 56.2 Å². The van der Waals surface area contributed by atoms with Gasteiger partial charge in [0.15, 0.2) is 0 Å². The van der Waals surface area contributed by atoms with Crippen molar-refractivity contribution >= 4 is 23.2 Å². The van der Waals surface area contributed by atoms with Gasteiger partial charge in [-0.15, -0.1) is 4.40 Å². The number of guanidine groups is 1. The third-order valence-corrected chi connectivity index (χ3v) is 4.52. The lowest BCUT2D eigenvalue weighted by atomic mass is 9.96. The standard InChI is InChI=1S/C11H20N4O2S/c1-13(2)10-12-18(17)15(11(16)14(10)3)9-7-5-4-6-8-9/h9H,4-8H2,1-3H3. The summed E-state index contributed by atoms with van der Waals surface area (Å²) in [6.45, 7) is 0. The van der Waals surface area contributed by atoms with Crippen LogP contribution in [0.5, 0.6) is 0 Å². The van der Waals surface area contributed by atoms with Crippen molar-refractivity contribution in [2.75, 3.05) is 21.1 Å². The SMILES string of the molecule is CN(C)C1=NS(=O)N(C2CCCCC2)C(=O)N1C. The Morgan fingerprint density at radius 3 is 2.44 bits per heavy atom. The Kier molecular flexibility index (Phi) is 3.89. The van der Waals surface area contributed by atoms with Crippen LogP contribution in [-0.4, -0.2) is 57.5 Å². The molecular formula is C11H20N4O2S. The Labute approximate surface area is 110 Å². The van der Waals surface area contributed by atoms with Gasteiger partial charge in [0, 0.05) is 27.2 Å². The number of rotatable bonds is 1. The summed E-state index contributed by atoms with van der Waals surface area (Å²) >= 11 is -1.59. The molecular weight excluding hydrogens is 252 g/mol. The van der Waals surface area contributed by atoms with E-state index < -0.39 is 11.2 Å². The lowest BCUT2D eigenvalue weighted by Crippen LogP contribution is -2.56. The van der Waals surface area contributed by atoms with Crippen LogP contribution < -0.4 is 0 Å². The molecule has 1 aliphatic carbocycles. The number of urea groups is 1. The van der Waals surface area contributed by atoms with E-state index in [9.17, 15) is 9.00 Å². The van der Waals surface area contributed by atoms with Crippen molar-refractivity contribution in [3.05, 3.63) is 0 Å². The lowest BCUT2D eigenvalue weighted by molar-refractivity contribution is 0.182. The monoisotopic (exact) mass is 272 g/mol. The maximum atomic E-state index is 12.3. The van der Waals surface area contributed by atoms with Crippen molar-refractivity contribution in [2.45, 2.75) is 38.1 Å². The molecule has 2 aliphatic rings. The number of nitrogens with zero attached hydrogens (tertiary/aromatic N) is 4. The number of carbonyl (C=O) groups is 1. The van der Waals surface area contributed by atoms with Gasteiger partial charge in [-0.3, -0.25) is 4.90 Å². The molecule has 18 heavy (non-hydrogen) atoms. The third kappa shape index (κ3) is 2.36. The van der Waals surface area contributed by atoms with E-state index in [0.717, 1.165) is 25.7 Å². The molecule has 1 fully saturated rings. The fourth-order valence-electron chi connectivity index (χ4n) is 2.46. The molecule has 102 valence electrons. The van der Waals surface area contributed by atoms with E-state index >= 15 is 0 Å². The van der Waals surface area contributed by atoms with Gasteiger partial charge in [0.2, 0.25) is 5.96 Å². The first-order valence-corrected chi connectivity index (χ1v) is 7.33. The summed E-state index contributed by atoms with van der Waals surface area (Å²) in [5.41, 5.74) is 0. The van der Waals surface area contributed by atoms with Crippen LogP contribution >= 0.6 is 0 Å². The van der Waals surface area contributed by atoms with Crippen molar-refractivity contribution < 1.29 is 9.00 Å². The summed E-state index contributed by atoms with van der Waals surface area (Å²) in [6, 6.07) is -0.138. The van der Waals surface area contributed by atoms with Gasteiger partial charge in [-0.2, -0.15) is 0 Å². The average Bonchev–Trinajstić information content (AvgIpc) is 2.35. The molecule has 0 spiro atoms. The zero-order chi connectivity index (χ0) is 13.3. The first-order valence-electron chi connectivity index (χ1n) is 6.27. The molecule has 0 aromatic heterocycles. The third-order valence-electron chi connectivity index (χ3n) is 3.41. The van der Waals surface area contributed by atoms with Crippen LogP contribution in [-0.2, 0) is 11.2 Å². The van der Waals surface area contributed by atoms with Crippen LogP contribution in [0.4, 0.5) is 4.79 Å². The van der Waals surface area contributed by atoms with Gasteiger partial charge in [0.1, 0.15) is 0 Å². The van der Waals surface area contributed by atoms with Crippen molar-refractivity contribution in [1.29, 1.82) is 0 Å². The quantitative estimate of drug-likeness (QED) is 0.720.